The van der Waals surface area contributed by atoms with E-state index in [1.807, 2.05) is 49.4 Å². The number of hydrogen-bond donors (Lipinski definition) is 0. The lowest BCUT2D eigenvalue weighted by Crippen LogP contribution is -1.98. The molecule has 0 fully saturated rings. The Hall–Kier alpha value is -2.85. The van der Waals surface area contributed by atoms with Crippen LogP contribution in [0.25, 0.3) is 0 Å². The Labute approximate surface area is 163 Å². The van der Waals surface area contributed by atoms with Crippen molar-refractivity contribution in [1.82, 2.24) is 0 Å². The predicted octanol–water partition coefficient (Wildman–Crippen LogP) is 6.13. The van der Waals surface area contributed by atoms with Crippen LogP contribution in [0.4, 0.5) is 10.1 Å². The topological polar surface area (TPSA) is 30.8 Å². The summed E-state index contributed by atoms with van der Waals surface area (Å²) in [4.78, 5) is 4.50. The van der Waals surface area contributed by atoms with Crippen molar-refractivity contribution in [3.63, 3.8) is 0 Å². The number of methoxy groups -OCH3 is 1. The minimum Gasteiger partial charge on any atom is -0.493 e. The van der Waals surface area contributed by atoms with Crippen LogP contribution >= 0.6 is 11.6 Å². The highest BCUT2D eigenvalue weighted by atomic mass is 35.5. The van der Waals surface area contributed by atoms with E-state index in [4.69, 9.17) is 21.1 Å². The molecule has 0 radical (unpaired) electrons. The largest absolute Gasteiger partial charge is 0.493 e. The SMILES string of the molecule is COc1cc(C=Nc2cccc(Cl)c2C)ccc1OCc1cccc(F)c1. The van der Waals surface area contributed by atoms with E-state index in [0.717, 1.165) is 22.4 Å². The fourth-order valence-corrected chi connectivity index (χ4v) is 2.72. The molecule has 0 N–H and O–H groups in total. The van der Waals surface area contributed by atoms with Crippen LogP contribution in [-0.2, 0) is 6.61 Å². The molecule has 0 unspecified atom stereocenters. The fraction of sp³-hybridized carbons (Fsp3) is 0.136. The van der Waals surface area contributed by atoms with E-state index in [0.29, 0.717) is 16.5 Å². The van der Waals surface area contributed by atoms with Crippen molar-refractivity contribution in [2.75, 3.05) is 7.11 Å². The summed E-state index contributed by atoms with van der Waals surface area (Å²) < 4.78 is 24.4. The number of nitrogens with zero attached hydrogens (tertiary/aromatic N) is 1. The van der Waals surface area contributed by atoms with E-state index >= 15 is 0 Å². The van der Waals surface area contributed by atoms with Gasteiger partial charge in [0, 0.05) is 11.2 Å². The van der Waals surface area contributed by atoms with Crippen molar-refractivity contribution < 1.29 is 13.9 Å². The lowest BCUT2D eigenvalue weighted by atomic mass is 10.2. The van der Waals surface area contributed by atoms with Crippen LogP contribution in [0.1, 0.15) is 16.7 Å². The Morgan fingerprint density at radius 3 is 2.63 bits per heavy atom. The first-order valence-corrected chi connectivity index (χ1v) is 8.79. The number of ether oxygens (including phenoxy) is 2. The molecule has 3 aromatic rings. The van der Waals surface area contributed by atoms with Gasteiger partial charge < -0.3 is 9.47 Å². The summed E-state index contributed by atoms with van der Waals surface area (Å²) in [6, 6.07) is 17.5. The summed E-state index contributed by atoms with van der Waals surface area (Å²) in [5.74, 6) is 0.877. The lowest BCUT2D eigenvalue weighted by molar-refractivity contribution is 0.284. The average Bonchev–Trinajstić information content (AvgIpc) is 2.68. The Morgan fingerprint density at radius 1 is 1.04 bits per heavy atom. The molecule has 3 rings (SSSR count). The number of aliphatic imine (C=N–C) groups is 1. The first kappa shape index (κ1) is 18.9. The highest BCUT2D eigenvalue weighted by Gasteiger charge is 2.06. The van der Waals surface area contributed by atoms with Crippen molar-refractivity contribution >= 4 is 23.5 Å². The van der Waals surface area contributed by atoms with Gasteiger partial charge in [0.05, 0.1) is 12.8 Å². The molecule has 0 amide bonds. The quantitative estimate of drug-likeness (QED) is 0.479. The fourth-order valence-electron chi connectivity index (χ4n) is 2.55. The van der Waals surface area contributed by atoms with Crippen LogP contribution < -0.4 is 9.47 Å². The molecule has 0 spiro atoms. The monoisotopic (exact) mass is 383 g/mol. The maximum absolute atomic E-state index is 13.3. The summed E-state index contributed by atoms with van der Waals surface area (Å²) in [6.45, 7) is 2.18. The highest BCUT2D eigenvalue weighted by Crippen LogP contribution is 2.29. The normalized spacial score (nSPS) is 11.0. The van der Waals surface area contributed by atoms with Crippen LogP contribution in [0.2, 0.25) is 5.02 Å². The van der Waals surface area contributed by atoms with E-state index in [1.54, 1.807) is 19.4 Å². The summed E-state index contributed by atoms with van der Waals surface area (Å²) in [5.41, 5.74) is 3.36. The molecular weight excluding hydrogens is 365 g/mol. The zero-order chi connectivity index (χ0) is 19.2. The van der Waals surface area contributed by atoms with Crippen LogP contribution in [-0.4, -0.2) is 13.3 Å². The van der Waals surface area contributed by atoms with Gasteiger partial charge in [-0.1, -0.05) is 29.8 Å². The third kappa shape index (κ3) is 4.86. The third-order valence-electron chi connectivity index (χ3n) is 4.06. The second-order valence-electron chi connectivity index (χ2n) is 5.97. The second-order valence-corrected chi connectivity index (χ2v) is 6.38. The zero-order valence-corrected chi connectivity index (χ0v) is 15.8. The van der Waals surface area contributed by atoms with Crippen LogP contribution in [0.3, 0.4) is 0 Å². The molecule has 3 nitrogen and oxygen atoms in total. The Balaban J connectivity index is 1.75. The van der Waals surface area contributed by atoms with E-state index in [9.17, 15) is 4.39 Å². The Bertz CT molecular complexity index is 972. The van der Waals surface area contributed by atoms with Crippen molar-refractivity contribution in [3.8, 4) is 11.5 Å². The Morgan fingerprint density at radius 2 is 1.85 bits per heavy atom. The van der Waals surface area contributed by atoms with E-state index < -0.39 is 0 Å². The number of rotatable bonds is 6. The predicted molar refractivity (Wildman–Crippen MR) is 107 cm³/mol. The van der Waals surface area contributed by atoms with Crippen LogP contribution in [0.5, 0.6) is 11.5 Å². The molecule has 138 valence electrons. The van der Waals surface area contributed by atoms with Gasteiger partial charge >= 0.3 is 0 Å². The minimum atomic E-state index is -0.286. The van der Waals surface area contributed by atoms with Gasteiger partial charge in [-0.15, -0.1) is 0 Å². The molecule has 0 bridgehead atoms. The first-order valence-electron chi connectivity index (χ1n) is 8.41. The third-order valence-corrected chi connectivity index (χ3v) is 4.47. The summed E-state index contributed by atoms with van der Waals surface area (Å²) in [7, 11) is 1.58. The number of benzene rings is 3. The van der Waals surface area contributed by atoms with Crippen LogP contribution in [0.15, 0.2) is 65.7 Å². The minimum absolute atomic E-state index is 0.253. The smallest absolute Gasteiger partial charge is 0.161 e. The highest BCUT2D eigenvalue weighted by molar-refractivity contribution is 6.31. The van der Waals surface area contributed by atoms with Gasteiger partial charge in [0.25, 0.3) is 0 Å². The van der Waals surface area contributed by atoms with Gasteiger partial charge in [-0.05, 0) is 66.1 Å². The zero-order valence-electron chi connectivity index (χ0n) is 15.1. The van der Waals surface area contributed by atoms with E-state index in [1.165, 1.54) is 12.1 Å². The second kappa shape index (κ2) is 8.69. The lowest BCUT2D eigenvalue weighted by Gasteiger charge is -2.11. The van der Waals surface area contributed by atoms with Crippen molar-refractivity contribution in [2.24, 2.45) is 4.99 Å². The van der Waals surface area contributed by atoms with Gasteiger partial charge in [-0.2, -0.15) is 0 Å². The molecule has 0 aliphatic carbocycles. The number of hydrogen-bond acceptors (Lipinski definition) is 3. The molecule has 0 atom stereocenters. The molecule has 0 saturated carbocycles. The maximum atomic E-state index is 13.3. The van der Waals surface area contributed by atoms with Gasteiger partial charge in [0.15, 0.2) is 11.5 Å². The molecule has 0 aliphatic rings. The molecule has 0 aliphatic heterocycles. The van der Waals surface area contributed by atoms with Crippen molar-refractivity contribution in [1.29, 1.82) is 0 Å². The molecule has 5 heteroatoms. The van der Waals surface area contributed by atoms with Crippen molar-refractivity contribution in [3.05, 3.63) is 88.2 Å². The van der Waals surface area contributed by atoms with E-state index in [2.05, 4.69) is 4.99 Å². The summed E-state index contributed by atoms with van der Waals surface area (Å²) in [6.07, 6.45) is 1.75. The molecular formula is C22H19ClFNO2. The number of halogens is 2. The molecule has 0 aromatic heterocycles. The molecule has 3 aromatic carbocycles. The summed E-state index contributed by atoms with van der Waals surface area (Å²) >= 11 is 6.13. The molecule has 0 saturated heterocycles. The molecule has 0 heterocycles. The standard InChI is InChI=1S/C22H19ClFNO2/c1-15-19(23)7-4-8-20(15)25-13-16-9-10-21(22(12-16)26-2)27-14-17-5-3-6-18(24)11-17/h3-13H,14H2,1-2H3. The first-order chi connectivity index (χ1) is 13.1. The van der Waals surface area contributed by atoms with Crippen molar-refractivity contribution in [2.45, 2.75) is 13.5 Å². The van der Waals surface area contributed by atoms with Gasteiger partial charge in [-0.25, -0.2) is 4.39 Å². The molecule has 27 heavy (non-hydrogen) atoms. The maximum Gasteiger partial charge on any atom is 0.161 e. The average molecular weight is 384 g/mol. The van der Waals surface area contributed by atoms with E-state index in [-0.39, 0.29) is 12.4 Å². The van der Waals surface area contributed by atoms with Gasteiger partial charge in [0.1, 0.15) is 12.4 Å². The van der Waals surface area contributed by atoms with Crippen LogP contribution in [0, 0.1) is 12.7 Å². The summed E-state index contributed by atoms with van der Waals surface area (Å²) in [5, 5.41) is 0.684. The Kier molecular flexibility index (Phi) is 6.09. The van der Waals surface area contributed by atoms with Gasteiger partial charge in [-0.3, -0.25) is 4.99 Å². The van der Waals surface area contributed by atoms with Gasteiger partial charge in [0.2, 0.25) is 0 Å².